The standard InChI is InChI=1S/C21H19ClN6/c1-15-3-2-6-24-21(15)17-11-20(26-14-18(17)22)28-9-7-27(8-10-28)19-5-4-16(12-23)13-25-19/h2-6,11,13-14H,7-10H2,1H3/p+1. The second-order valence-corrected chi connectivity index (χ2v) is 7.15. The fourth-order valence-corrected chi connectivity index (χ4v) is 3.61. The van der Waals surface area contributed by atoms with Crippen LogP contribution in [0.4, 0.5) is 11.6 Å². The normalized spacial score (nSPS) is 14.0. The number of rotatable bonds is 3. The highest BCUT2D eigenvalue weighted by atomic mass is 35.5. The Kier molecular flexibility index (Phi) is 5.09. The molecule has 1 saturated heterocycles. The lowest BCUT2D eigenvalue weighted by atomic mass is 10.1. The van der Waals surface area contributed by atoms with Gasteiger partial charge in [0.05, 0.1) is 29.4 Å². The van der Waals surface area contributed by atoms with Crippen molar-refractivity contribution < 1.29 is 4.98 Å². The van der Waals surface area contributed by atoms with Crippen LogP contribution in [-0.4, -0.2) is 36.1 Å². The first kappa shape index (κ1) is 18.2. The van der Waals surface area contributed by atoms with E-state index in [1.165, 1.54) is 0 Å². The molecule has 4 heterocycles. The number of H-pyrrole nitrogens is 1. The van der Waals surface area contributed by atoms with Gasteiger partial charge in [0.2, 0.25) is 0 Å². The molecule has 3 aromatic rings. The van der Waals surface area contributed by atoms with Crippen molar-refractivity contribution in [2.24, 2.45) is 0 Å². The van der Waals surface area contributed by atoms with Crippen molar-refractivity contribution in [1.29, 1.82) is 5.26 Å². The number of piperazine rings is 1. The van der Waals surface area contributed by atoms with Crippen molar-refractivity contribution >= 4 is 23.2 Å². The number of hydrogen-bond acceptors (Lipinski definition) is 5. The van der Waals surface area contributed by atoms with Crippen molar-refractivity contribution in [3.8, 4) is 17.3 Å². The van der Waals surface area contributed by atoms with Crippen LogP contribution in [0.1, 0.15) is 11.1 Å². The number of aromatic nitrogens is 3. The summed E-state index contributed by atoms with van der Waals surface area (Å²) in [4.78, 5) is 16.7. The fourth-order valence-electron chi connectivity index (χ4n) is 3.41. The van der Waals surface area contributed by atoms with Gasteiger partial charge >= 0.3 is 0 Å². The number of nitriles is 1. The number of hydrogen-bond donors (Lipinski definition) is 0. The molecule has 0 spiro atoms. The Bertz CT molecular complexity index is 1020. The topological polar surface area (TPSA) is 70.2 Å². The van der Waals surface area contributed by atoms with Crippen molar-refractivity contribution in [3.05, 3.63) is 65.1 Å². The number of halogens is 1. The van der Waals surface area contributed by atoms with Gasteiger partial charge in [0.15, 0.2) is 0 Å². The van der Waals surface area contributed by atoms with Crippen LogP contribution in [0, 0.1) is 18.3 Å². The SMILES string of the molecule is Cc1cccnc1-c1cc(N2CCN(c3ccc(C#N)cn3)CC2)[nH+]cc1Cl. The zero-order chi connectivity index (χ0) is 19.5. The Labute approximate surface area is 169 Å². The van der Waals surface area contributed by atoms with E-state index in [2.05, 4.69) is 36.9 Å². The Hall–Kier alpha value is -3.17. The average molecular weight is 392 g/mol. The summed E-state index contributed by atoms with van der Waals surface area (Å²) in [5, 5.41) is 9.57. The summed E-state index contributed by atoms with van der Waals surface area (Å²) in [6.45, 7) is 5.47. The highest BCUT2D eigenvalue weighted by Crippen LogP contribution is 2.30. The molecule has 0 aliphatic carbocycles. The van der Waals surface area contributed by atoms with Crippen molar-refractivity contribution in [2.75, 3.05) is 36.0 Å². The van der Waals surface area contributed by atoms with E-state index < -0.39 is 0 Å². The first-order chi connectivity index (χ1) is 13.7. The number of aromatic amines is 1. The molecule has 0 radical (unpaired) electrons. The zero-order valence-corrected chi connectivity index (χ0v) is 16.3. The van der Waals surface area contributed by atoms with E-state index in [1.807, 2.05) is 37.4 Å². The summed E-state index contributed by atoms with van der Waals surface area (Å²) in [5.41, 5.74) is 3.52. The monoisotopic (exact) mass is 391 g/mol. The minimum absolute atomic E-state index is 0.579. The van der Waals surface area contributed by atoms with Gasteiger partial charge in [-0.15, -0.1) is 0 Å². The summed E-state index contributed by atoms with van der Waals surface area (Å²) in [5.74, 6) is 1.93. The molecule has 0 bridgehead atoms. The molecule has 3 aromatic heterocycles. The number of pyridine rings is 3. The smallest absolute Gasteiger partial charge is 0.275 e. The number of nitrogens with one attached hydrogen (secondary N) is 1. The maximum absolute atomic E-state index is 8.91. The second-order valence-electron chi connectivity index (χ2n) is 6.74. The number of anilines is 2. The lowest BCUT2D eigenvalue weighted by Crippen LogP contribution is -2.48. The molecule has 140 valence electrons. The summed E-state index contributed by atoms with van der Waals surface area (Å²) < 4.78 is 0. The molecule has 6 nitrogen and oxygen atoms in total. The molecule has 0 atom stereocenters. The van der Waals surface area contributed by atoms with Crippen LogP contribution in [0.25, 0.3) is 11.3 Å². The molecule has 1 aliphatic heterocycles. The van der Waals surface area contributed by atoms with E-state index in [0.717, 1.165) is 54.6 Å². The lowest BCUT2D eigenvalue weighted by molar-refractivity contribution is -0.363. The molecule has 1 aliphatic rings. The fraction of sp³-hybridized carbons (Fsp3) is 0.238. The maximum Gasteiger partial charge on any atom is 0.275 e. The quantitative estimate of drug-likeness (QED) is 0.686. The third-order valence-electron chi connectivity index (χ3n) is 4.97. The van der Waals surface area contributed by atoms with Gasteiger partial charge in [-0.1, -0.05) is 17.7 Å². The van der Waals surface area contributed by atoms with Crippen LogP contribution in [0.2, 0.25) is 5.02 Å². The summed E-state index contributed by atoms with van der Waals surface area (Å²) in [6, 6.07) is 11.9. The number of nitrogens with zero attached hydrogens (tertiary/aromatic N) is 5. The molecule has 7 heteroatoms. The van der Waals surface area contributed by atoms with Crippen LogP contribution >= 0.6 is 11.6 Å². The lowest BCUT2D eigenvalue weighted by Gasteiger charge is -2.31. The Morgan fingerprint density at radius 1 is 1.11 bits per heavy atom. The van der Waals surface area contributed by atoms with Crippen molar-refractivity contribution in [2.45, 2.75) is 6.92 Å². The average Bonchev–Trinajstić information content (AvgIpc) is 2.75. The predicted octanol–water partition coefficient (Wildman–Crippen LogP) is 3.12. The first-order valence-corrected chi connectivity index (χ1v) is 9.53. The van der Waals surface area contributed by atoms with Gasteiger partial charge in [0.25, 0.3) is 5.82 Å². The molecule has 0 unspecified atom stereocenters. The summed E-state index contributed by atoms with van der Waals surface area (Å²) >= 11 is 6.44. The van der Waals surface area contributed by atoms with Gasteiger partial charge in [0, 0.05) is 24.0 Å². The van der Waals surface area contributed by atoms with Crippen molar-refractivity contribution in [3.63, 3.8) is 0 Å². The minimum atomic E-state index is 0.579. The molecule has 0 aromatic carbocycles. The van der Waals surface area contributed by atoms with Crippen LogP contribution in [0.5, 0.6) is 0 Å². The van der Waals surface area contributed by atoms with E-state index in [0.29, 0.717) is 10.6 Å². The minimum Gasteiger partial charge on any atom is -0.349 e. The van der Waals surface area contributed by atoms with E-state index in [4.69, 9.17) is 16.9 Å². The molecular weight excluding hydrogens is 372 g/mol. The second kappa shape index (κ2) is 7.83. The van der Waals surface area contributed by atoms with Gasteiger partial charge in [-0.2, -0.15) is 5.26 Å². The molecule has 0 saturated carbocycles. The van der Waals surface area contributed by atoms with Gasteiger partial charge in [-0.25, -0.2) is 9.97 Å². The van der Waals surface area contributed by atoms with Crippen LogP contribution in [0.15, 0.2) is 48.9 Å². The molecule has 28 heavy (non-hydrogen) atoms. The van der Waals surface area contributed by atoms with Crippen LogP contribution in [0.3, 0.4) is 0 Å². The van der Waals surface area contributed by atoms with Crippen LogP contribution in [-0.2, 0) is 0 Å². The Morgan fingerprint density at radius 3 is 2.57 bits per heavy atom. The summed E-state index contributed by atoms with van der Waals surface area (Å²) in [7, 11) is 0. The maximum atomic E-state index is 8.91. The van der Waals surface area contributed by atoms with E-state index in [-0.39, 0.29) is 0 Å². The Balaban J connectivity index is 1.51. The van der Waals surface area contributed by atoms with Gasteiger partial charge < -0.3 is 4.90 Å². The first-order valence-electron chi connectivity index (χ1n) is 9.15. The third-order valence-corrected chi connectivity index (χ3v) is 5.28. The van der Waals surface area contributed by atoms with E-state index in [1.54, 1.807) is 12.4 Å². The van der Waals surface area contributed by atoms with Gasteiger partial charge in [-0.05, 0) is 30.7 Å². The molecule has 1 N–H and O–H groups in total. The van der Waals surface area contributed by atoms with Gasteiger partial charge in [0.1, 0.15) is 31.2 Å². The number of aryl methyl sites for hydroxylation is 1. The predicted molar refractivity (Wildman–Crippen MR) is 109 cm³/mol. The van der Waals surface area contributed by atoms with E-state index in [9.17, 15) is 0 Å². The Morgan fingerprint density at radius 2 is 1.89 bits per heavy atom. The summed E-state index contributed by atoms with van der Waals surface area (Å²) in [6.07, 6.45) is 5.24. The molecule has 4 rings (SSSR count). The largest absolute Gasteiger partial charge is 0.349 e. The highest BCUT2D eigenvalue weighted by molar-refractivity contribution is 6.33. The highest BCUT2D eigenvalue weighted by Gasteiger charge is 2.25. The molecule has 1 fully saturated rings. The molecular formula is C21H20ClN6+. The van der Waals surface area contributed by atoms with Crippen molar-refractivity contribution in [1.82, 2.24) is 9.97 Å². The van der Waals surface area contributed by atoms with Gasteiger partial charge in [-0.3, -0.25) is 9.88 Å². The third kappa shape index (κ3) is 3.62. The zero-order valence-electron chi connectivity index (χ0n) is 15.6. The van der Waals surface area contributed by atoms with Crippen LogP contribution < -0.4 is 14.8 Å². The molecule has 0 amide bonds. The van der Waals surface area contributed by atoms with E-state index >= 15 is 0 Å².